The van der Waals surface area contributed by atoms with Crippen LogP contribution in [0.4, 0.5) is 14.5 Å². The largest absolute Gasteiger partial charge is 0.322 e. The van der Waals surface area contributed by atoms with E-state index in [1.807, 2.05) is 0 Å². The number of amides is 1. The molecule has 0 spiro atoms. The van der Waals surface area contributed by atoms with E-state index in [0.29, 0.717) is 12.8 Å². The highest BCUT2D eigenvalue weighted by atomic mass is 79.9. The van der Waals surface area contributed by atoms with Crippen molar-refractivity contribution in [1.29, 1.82) is 0 Å². The van der Waals surface area contributed by atoms with Crippen LogP contribution in [-0.4, -0.2) is 11.4 Å². The number of anilines is 1. The first-order chi connectivity index (χ1) is 8.34. The van der Waals surface area contributed by atoms with Gasteiger partial charge in [-0.25, -0.2) is 8.78 Å². The van der Waals surface area contributed by atoms with Gasteiger partial charge in [-0.3, -0.25) is 4.79 Å². The maximum Gasteiger partial charge on any atom is 0.244 e. The highest BCUT2D eigenvalue weighted by Crippen LogP contribution is 2.24. The van der Waals surface area contributed by atoms with E-state index in [1.54, 1.807) is 13.8 Å². The van der Waals surface area contributed by atoms with Gasteiger partial charge in [-0.2, -0.15) is 0 Å². The number of nitrogens with two attached hydrogens (primary N) is 1. The molecule has 0 radical (unpaired) electrons. The van der Waals surface area contributed by atoms with Crippen LogP contribution in [0.25, 0.3) is 0 Å². The first-order valence-corrected chi connectivity index (χ1v) is 6.38. The average Bonchev–Trinajstić information content (AvgIpc) is 2.34. The van der Waals surface area contributed by atoms with Gasteiger partial charge in [-0.05, 0) is 34.8 Å². The number of hydrogen-bond acceptors (Lipinski definition) is 2. The van der Waals surface area contributed by atoms with Crippen LogP contribution in [0.3, 0.4) is 0 Å². The fraction of sp³-hybridized carbons (Fsp3) is 0.417. The fourth-order valence-electron chi connectivity index (χ4n) is 1.44. The van der Waals surface area contributed by atoms with Crippen molar-refractivity contribution < 1.29 is 13.6 Å². The standard InChI is InChI=1S/C12H15BrF2N2O/c1-3-12(16,4-2)11(18)17-10-6-8(14)7(13)5-9(10)15/h5-6H,3-4,16H2,1-2H3,(H,17,18). The molecule has 1 rings (SSSR count). The number of benzene rings is 1. The molecule has 0 heterocycles. The van der Waals surface area contributed by atoms with Crippen LogP contribution in [0.5, 0.6) is 0 Å². The number of halogens is 3. The van der Waals surface area contributed by atoms with Gasteiger partial charge in [0.15, 0.2) is 0 Å². The number of carbonyl (C=O) groups excluding carboxylic acids is 1. The highest BCUT2D eigenvalue weighted by molar-refractivity contribution is 9.10. The van der Waals surface area contributed by atoms with Gasteiger partial charge in [0, 0.05) is 6.07 Å². The van der Waals surface area contributed by atoms with Crippen molar-refractivity contribution in [1.82, 2.24) is 0 Å². The minimum absolute atomic E-state index is 0.00277. The summed E-state index contributed by atoms with van der Waals surface area (Å²) in [5, 5.41) is 2.32. The molecule has 1 aromatic rings. The smallest absolute Gasteiger partial charge is 0.244 e. The van der Waals surface area contributed by atoms with Gasteiger partial charge in [0.25, 0.3) is 0 Å². The average molecular weight is 321 g/mol. The van der Waals surface area contributed by atoms with Crippen molar-refractivity contribution in [3.63, 3.8) is 0 Å². The van der Waals surface area contributed by atoms with Crippen molar-refractivity contribution in [2.24, 2.45) is 5.73 Å². The maximum absolute atomic E-state index is 13.5. The van der Waals surface area contributed by atoms with E-state index >= 15 is 0 Å². The first-order valence-electron chi connectivity index (χ1n) is 5.59. The molecule has 18 heavy (non-hydrogen) atoms. The SMILES string of the molecule is CCC(N)(CC)C(=O)Nc1cc(F)c(Br)cc1F. The van der Waals surface area contributed by atoms with Crippen LogP contribution in [0, 0.1) is 11.6 Å². The molecule has 0 aliphatic carbocycles. The summed E-state index contributed by atoms with van der Waals surface area (Å²) < 4.78 is 26.8. The van der Waals surface area contributed by atoms with Crippen LogP contribution in [0.1, 0.15) is 26.7 Å². The van der Waals surface area contributed by atoms with Crippen molar-refractivity contribution in [3.05, 3.63) is 28.2 Å². The summed E-state index contributed by atoms with van der Waals surface area (Å²) in [7, 11) is 0. The molecule has 3 nitrogen and oxygen atoms in total. The van der Waals surface area contributed by atoms with Crippen LogP contribution in [0.2, 0.25) is 0 Å². The van der Waals surface area contributed by atoms with E-state index in [9.17, 15) is 13.6 Å². The Morgan fingerprint density at radius 3 is 2.39 bits per heavy atom. The Balaban J connectivity index is 2.98. The van der Waals surface area contributed by atoms with Crippen molar-refractivity contribution in [2.75, 3.05) is 5.32 Å². The van der Waals surface area contributed by atoms with Crippen molar-refractivity contribution in [3.8, 4) is 0 Å². The van der Waals surface area contributed by atoms with E-state index in [-0.39, 0.29) is 10.2 Å². The van der Waals surface area contributed by atoms with Crippen molar-refractivity contribution in [2.45, 2.75) is 32.2 Å². The van der Waals surface area contributed by atoms with Gasteiger partial charge >= 0.3 is 0 Å². The Bertz CT molecular complexity index is 462. The Labute approximate surface area is 113 Å². The molecule has 3 N–H and O–H groups in total. The number of carbonyl (C=O) groups is 1. The molecular weight excluding hydrogens is 306 g/mol. The van der Waals surface area contributed by atoms with Gasteiger partial charge < -0.3 is 11.1 Å². The second kappa shape index (κ2) is 5.75. The molecule has 0 aliphatic heterocycles. The van der Waals surface area contributed by atoms with E-state index in [1.165, 1.54) is 0 Å². The van der Waals surface area contributed by atoms with Crippen LogP contribution in [0.15, 0.2) is 16.6 Å². The predicted octanol–water partition coefficient (Wildman–Crippen LogP) is 3.18. The molecule has 1 amide bonds. The third kappa shape index (κ3) is 3.05. The molecule has 1 aromatic carbocycles. The van der Waals surface area contributed by atoms with E-state index in [0.717, 1.165) is 12.1 Å². The lowest BCUT2D eigenvalue weighted by molar-refractivity contribution is -0.121. The summed E-state index contributed by atoms with van der Waals surface area (Å²) >= 11 is 2.86. The minimum Gasteiger partial charge on any atom is -0.322 e. The van der Waals surface area contributed by atoms with Crippen LogP contribution >= 0.6 is 15.9 Å². The van der Waals surface area contributed by atoms with E-state index < -0.39 is 23.1 Å². The molecule has 0 aliphatic rings. The lowest BCUT2D eigenvalue weighted by Crippen LogP contribution is -2.50. The maximum atomic E-state index is 13.5. The lowest BCUT2D eigenvalue weighted by Gasteiger charge is -2.25. The monoisotopic (exact) mass is 320 g/mol. The van der Waals surface area contributed by atoms with Gasteiger partial charge in [0.1, 0.15) is 11.6 Å². The molecule has 0 bridgehead atoms. The Morgan fingerprint density at radius 1 is 1.33 bits per heavy atom. The zero-order valence-corrected chi connectivity index (χ0v) is 11.8. The number of nitrogens with one attached hydrogen (secondary N) is 1. The summed E-state index contributed by atoms with van der Waals surface area (Å²) in [6.07, 6.45) is 0.825. The molecule has 0 saturated carbocycles. The van der Waals surface area contributed by atoms with Gasteiger partial charge in [-0.1, -0.05) is 13.8 Å². The third-order valence-corrected chi connectivity index (χ3v) is 3.58. The molecule has 0 fully saturated rings. The first kappa shape index (κ1) is 15.0. The number of rotatable bonds is 4. The Morgan fingerprint density at radius 2 is 1.89 bits per heavy atom. The zero-order chi connectivity index (χ0) is 13.9. The topological polar surface area (TPSA) is 55.1 Å². The van der Waals surface area contributed by atoms with Gasteiger partial charge in [-0.15, -0.1) is 0 Å². The Hall–Kier alpha value is -1.01. The predicted molar refractivity (Wildman–Crippen MR) is 70.2 cm³/mol. The van der Waals surface area contributed by atoms with Crippen molar-refractivity contribution >= 4 is 27.5 Å². The summed E-state index contributed by atoms with van der Waals surface area (Å²) in [4.78, 5) is 11.9. The highest BCUT2D eigenvalue weighted by Gasteiger charge is 2.30. The van der Waals surface area contributed by atoms with Gasteiger partial charge in [0.05, 0.1) is 15.7 Å². The summed E-state index contributed by atoms with van der Waals surface area (Å²) in [5.41, 5.74) is 4.58. The minimum atomic E-state index is -1.07. The van der Waals surface area contributed by atoms with Crippen LogP contribution in [-0.2, 0) is 4.79 Å². The second-order valence-electron chi connectivity index (χ2n) is 4.06. The number of hydrogen-bond donors (Lipinski definition) is 2. The summed E-state index contributed by atoms with van der Waals surface area (Å²) in [5.74, 6) is -1.89. The van der Waals surface area contributed by atoms with Gasteiger partial charge in [0.2, 0.25) is 5.91 Å². The fourth-order valence-corrected chi connectivity index (χ4v) is 1.75. The molecule has 0 atom stereocenters. The summed E-state index contributed by atoms with van der Waals surface area (Å²) in [6.45, 7) is 3.53. The zero-order valence-electron chi connectivity index (χ0n) is 10.2. The molecule has 100 valence electrons. The molecule has 6 heteroatoms. The third-order valence-electron chi connectivity index (χ3n) is 2.97. The normalized spacial score (nSPS) is 11.4. The van der Waals surface area contributed by atoms with E-state index in [4.69, 9.17) is 5.73 Å². The Kier molecular flexibility index (Phi) is 4.81. The lowest BCUT2D eigenvalue weighted by atomic mass is 9.93. The summed E-state index contributed by atoms with van der Waals surface area (Å²) in [6, 6.07) is 1.88. The molecule has 0 aromatic heterocycles. The molecular formula is C12H15BrF2N2O. The molecule has 0 saturated heterocycles. The second-order valence-corrected chi connectivity index (χ2v) is 4.92. The quantitative estimate of drug-likeness (QED) is 0.837. The van der Waals surface area contributed by atoms with Crippen LogP contribution < -0.4 is 11.1 Å². The van der Waals surface area contributed by atoms with E-state index in [2.05, 4.69) is 21.2 Å². The molecule has 0 unspecified atom stereocenters.